The van der Waals surface area contributed by atoms with Crippen LogP contribution in [0.1, 0.15) is 40.5 Å². The summed E-state index contributed by atoms with van der Waals surface area (Å²) in [4.78, 5) is 31.4. The Bertz CT molecular complexity index is 628. The van der Waals surface area contributed by atoms with Gasteiger partial charge in [-0.25, -0.2) is 0 Å². The first-order valence-corrected chi connectivity index (χ1v) is 10.6. The molecule has 7 nitrogen and oxygen atoms in total. The third kappa shape index (κ3) is 5.71. The second kappa shape index (κ2) is 10.2. The standard InChI is InChI=1S/C21H35N5O2.HI/c1-5-22-20(24-10-11-25-21(2,3)4)23-9-6-12-26-18(27)16-14-7-8-15(13-14)17(16)19(26)28;/h7-8,14-17,25H,5-6,9-13H2,1-4H3,(H2,22,23,24);1H. The van der Waals surface area contributed by atoms with Crippen LogP contribution in [-0.4, -0.2) is 60.9 Å². The molecule has 2 aliphatic carbocycles. The topological polar surface area (TPSA) is 85.8 Å². The summed E-state index contributed by atoms with van der Waals surface area (Å²) in [6.45, 7) is 11.9. The molecule has 164 valence electrons. The second-order valence-electron chi connectivity index (χ2n) is 9.05. The Morgan fingerprint density at radius 1 is 1.10 bits per heavy atom. The van der Waals surface area contributed by atoms with Gasteiger partial charge in [-0.1, -0.05) is 12.2 Å². The van der Waals surface area contributed by atoms with Crippen molar-refractivity contribution in [3.05, 3.63) is 12.2 Å². The summed E-state index contributed by atoms with van der Waals surface area (Å²) in [5.41, 5.74) is 0.0965. The van der Waals surface area contributed by atoms with Crippen molar-refractivity contribution in [2.24, 2.45) is 28.7 Å². The van der Waals surface area contributed by atoms with Crippen LogP contribution in [-0.2, 0) is 9.59 Å². The SMILES string of the molecule is CCNC(=NCCCN1C(=O)C2C3C=CC(C3)C2C1=O)NCCNC(C)(C)C.I. The summed E-state index contributed by atoms with van der Waals surface area (Å²) < 4.78 is 0. The van der Waals surface area contributed by atoms with Crippen LogP contribution in [0.3, 0.4) is 0 Å². The van der Waals surface area contributed by atoms with E-state index in [9.17, 15) is 9.59 Å². The first kappa shape index (κ1) is 24.1. The van der Waals surface area contributed by atoms with Crippen LogP contribution in [0.2, 0.25) is 0 Å². The molecule has 2 amide bonds. The number of carbonyl (C=O) groups is 2. The van der Waals surface area contributed by atoms with E-state index in [1.807, 2.05) is 6.92 Å². The maximum Gasteiger partial charge on any atom is 0.233 e. The van der Waals surface area contributed by atoms with Gasteiger partial charge in [0.15, 0.2) is 5.96 Å². The van der Waals surface area contributed by atoms with Crippen LogP contribution in [0.5, 0.6) is 0 Å². The molecule has 3 N–H and O–H groups in total. The van der Waals surface area contributed by atoms with Crippen molar-refractivity contribution in [1.29, 1.82) is 0 Å². The van der Waals surface area contributed by atoms with Crippen molar-refractivity contribution in [1.82, 2.24) is 20.9 Å². The molecule has 1 saturated heterocycles. The number of nitrogens with one attached hydrogen (secondary N) is 3. The molecule has 8 heteroatoms. The van der Waals surface area contributed by atoms with E-state index in [2.05, 4.69) is 53.9 Å². The van der Waals surface area contributed by atoms with Crippen LogP contribution in [0.25, 0.3) is 0 Å². The highest BCUT2D eigenvalue weighted by Crippen LogP contribution is 2.52. The average Bonchev–Trinajstić information content (AvgIpc) is 3.30. The lowest BCUT2D eigenvalue weighted by atomic mass is 9.85. The number of aliphatic imine (C=N–C) groups is 1. The molecule has 0 spiro atoms. The van der Waals surface area contributed by atoms with Gasteiger partial charge in [0.05, 0.1) is 11.8 Å². The third-order valence-electron chi connectivity index (χ3n) is 5.79. The number of imide groups is 1. The average molecular weight is 517 g/mol. The first-order chi connectivity index (χ1) is 13.3. The highest BCUT2D eigenvalue weighted by atomic mass is 127. The predicted octanol–water partition coefficient (Wildman–Crippen LogP) is 1.74. The lowest BCUT2D eigenvalue weighted by Gasteiger charge is -2.21. The van der Waals surface area contributed by atoms with Crippen LogP contribution >= 0.6 is 24.0 Å². The van der Waals surface area contributed by atoms with Gasteiger partial charge in [0.2, 0.25) is 11.8 Å². The Morgan fingerprint density at radius 3 is 2.28 bits per heavy atom. The number of nitrogens with zero attached hydrogens (tertiary/aromatic N) is 2. The predicted molar refractivity (Wildman–Crippen MR) is 126 cm³/mol. The highest BCUT2D eigenvalue weighted by Gasteiger charge is 2.58. The van der Waals surface area contributed by atoms with E-state index >= 15 is 0 Å². The van der Waals surface area contributed by atoms with Gasteiger partial charge in [-0.05, 0) is 52.4 Å². The van der Waals surface area contributed by atoms with E-state index in [0.717, 1.165) is 32.0 Å². The molecule has 1 heterocycles. The van der Waals surface area contributed by atoms with Crippen molar-refractivity contribution in [2.45, 2.75) is 46.1 Å². The molecule has 2 bridgehead atoms. The van der Waals surface area contributed by atoms with Crippen LogP contribution < -0.4 is 16.0 Å². The molecule has 2 fully saturated rings. The van der Waals surface area contributed by atoms with Crippen molar-refractivity contribution in [2.75, 3.05) is 32.7 Å². The quantitative estimate of drug-likeness (QED) is 0.114. The number of amides is 2. The molecule has 3 aliphatic rings. The Hall–Kier alpha value is -1.16. The minimum Gasteiger partial charge on any atom is -0.357 e. The molecule has 1 aliphatic heterocycles. The molecule has 4 atom stereocenters. The number of likely N-dealkylation sites (tertiary alicyclic amines) is 1. The first-order valence-electron chi connectivity index (χ1n) is 10.6. The van der Waals surface area contributed by atoms with E-state index < -0.39 is 0 Å². The number of halogens is 1. The Labute approximate surface area is 191 Å². The summed E-state index contributed by atoms with van der Waals surface area (Å²) in [6.07, 6.45) is 5.94. The summed E-state index contributed by atoms with van der Waals surface area (Å²) >= 11 is 0. The zero-order valence-corrected chi connectivity index (χ0v) is 20.4. The van der Waals surface area contributed by atoms with E-state index in [1.54, 1.807) is 0 Å². The van der Waals surface area contributed by atoms with E-state index in [4.69, 9.17) is 0 Å². The molecular formula is C21H36IN5O2. The lowest BCUT2D eigenvalue weighted by molar-refractivity contribution is -0.140. The molecule has 4 unspecified atom stereocenters. The van der Waals surface area contributed by atoms with Gasteiger partial charge >= 0.3 is 0 Å². The van der Waals surface area contributed by atoms with Gasteiger partial charge in [-0.2, -0.15) is 0 Å². The number of allylic oxidation sites excluding steroid dienone is 2. The van der Waals surface area contributed by atoms with E-state index in [1.165, 1.54) is 4.90 Å². The normalized spacial score (nSPS) is 28.0. The molecule has 0 radical (unpaired) electrons. The Balaban J connectivity index is 0.00000300. The molecule has 29 heavy (non-hydrogen) atoms. The van der Waals surface area contributed by atoms with Crippen LogP contribution in [0.15, 0.2) is 17.1 Å². The summed E-state index contributed by atoms with van der Waals surface area (Å²) in [5, 5.41) is 9.98. The van der Waals surface area contributed by atoms with Gasteiger partial charge in [-0.15, -0.1) is 24.0 Å². The number of fused-ring (bicyclic) bond motifs is 5. The largest absolute Gasteiger partial charge is 0.357 e. The smallest absolute Gasteiger partial charge is 0.233 e. The number of hydrogen-bond donors (Lipinski definition) is 3. The summed E-state index contributed by atoms with van der Waals surface area (Å²) in [5.74, 6) is 1.21. The lowest BCUT2D eigenvalue weighted by Crippen LogP contribution is -2.44. The van der Waals surface area contributed by atoms with Gasteiger partial charge < -0.3 is 16.0 Å². The minimum atomic E-state index is -0.0969. The Morgan fingerprint density at radius 2 is 1.72 bits per heavy atom. The summed E-state index contributed by atoms with van der Waals surface area (Å²) in [7, 11) is 0. The molecular weight excluding hydrogens is 481 g/mol. The number of hydrogen-bond acceptors (Lipinski definition) is 4. The fourth-order valence-corrected chi connectivity index (χ4v) is 4.56. The molecule has 0 aromatic rings. The van der Waals surface area contributed by atoms with Gasteiger partial charge in [0, 0.05) is 38.3 Å². The number of carbonyl (C=O) groups excluding carboxylic acids is 2. The van der Waals surface area contributed by atoms with Crippen molar-refractivity contribution in [3.63, 3.8) is 0 Å². The van der Waals surface area contributed by atoms with E-state index in [0.29, 0.717) is 19.5 Å². The molecule has 0 aromatic carbocycles. The van der Waals surface area contributed by atoms with Crippen molar-refractivity contribution >= 4 is 41.8 Å². The third-order valence-corrected chi connectivity index (χ3v) is 5.79. The molecule has 3 rings (SSSR count). The van der Waals surface area contributed by atoms with E-state index in [-0.39, 0.29) is 65.0 Å². The fraction of sp³-hybridized carbons (Fsp3) is 0.762. The number of guanidine groups is 1. The maximum absolute atomic E-state index is 12.7. The van der Waals surface area contributed by atoms with Crippen LogP contribution in [0.4, 0.5) is 0 Å². The van der Waals surface area contributed by atoms with Gasteiger partial charge in [0.1, 0.15) is 0 Å². The summed E-state index contributed by atoms with van der Waals surface area (Å²) in [6, 6.07) is 0. The zero-order valence-electron chi connectivity index (χ0n) is 18.0. The monoisotopic (exact) mass is 517 g/mol. The fourth-order valence-electron chi connectivity index (χ4n) is 4.56. The second-order valence-corrected chi connectivity index (χ2v) is 9.05. The van der Waals surface area contributed by atoms with Crippen molar-refractivity contribution in [3.8, 4) is 0 Å². The highest BCUT2D eigenvalue weighted by molar-refractivity contribution is 14.0. The zero-order chi connectivity index (χ0) is 20.3. The van der Waals surface area contributed by atoms with Crippen LogP contribution in [0, 0.1) is 23.7 Å². The van der Waals surface area contributed by atoms with Gasteiger partial charge in [0.25, 0.3) is 0 Å². The molecule has 0 aromatic heterocycles. The maximum atomic E-state index is 12.7. The Kier molecular flexibility index (Phi) is 8.51. The number of rotatable bonds is 8. The minimum absolute atomic E-state index is 0. The molecule has 1 saturated carbocycles. The van der Waals surface area contributed by atoms with Gasteiger partial charge in [-0.3, -0.25) is 19.5 Å². The van der Waals surface area contributed by atoms with Crippen molar-refractivity contribution < 1.29 is 9.59 Å².